The Hall–Kier alpha value is -1.08. The Morgan fingerprint density at radius 3 is 2.33 bits per heavy atom. The molecule has 0 atom stereocenters. The standard InChI is InChI=1S/C17H24O/c1-3-4-14-5-9-16(10-6-14)17-11-7-15(8-12-17)13-18-2/h3-4,7-8,11-12,14,16H,5-6,9-10,13H2,1-2H3/t14-,16-. The summed E-state index contributed by atoms with van der Waals surface area (Å²) in [6.45, 7) is 2.84. The predicted molar refractivity (Wildman–Crippen MR) is 76.7 cm³/mol. The van der Waals surface area contributed by atoms with Crippen molar-refractivity contribution in [2.75, 3.05) is 7.11 Å². The van der Waals surface area contributed by atoms with Gasteiger partial charge in [0.2, 0.25) is 0 Å². The van der Waals surface area contributed by atoms with E-state index in [4.69, 9.17) is 4.74 Å². The second kappa shape index (κ2) is 6.75. The molecule has 0 aromatic heterocycles. The van der Waals surface area contributed by atoms with Gasteiger partial charge in [-0.3, -0.25) is 0 Å². The molecule has 0 aliphatic heterocycles. The number of methoxy groups -OCH3 is 1. The highest BCUT2D eigenvalue weighted by Gasteiger charge is 2.20. The molecule has 0 saturated heterocycles. The van der Waals surface area contributed by atoms with E-state index in [2.05, 4.69) is 43.3 Å². The van der Waals surface area contributed by atoms with Gasteiger partial charge in [0.25, 0.3) is 0 Å². The molecular formula is C17H24O. The lowest BCUT2D eigenvalue weighted by Crippen LogP contribution is -2.11. The summed E-state index contributed by atoms with van der Waals surface area (Å²) in [4.78, 5) is 0. The fraction of sp³-hybridized carbons (Fsp3) is 0.529. The first-order valence-electron chi connectivity index (χ1n) is 7.04. The molecule has 1 nitrogen and oxygen atoms in total. The van der Waals surface area contributed by atoms with E-state index in [1.165, 1.54) is 36.8 Å². The van der Waals surface area contributed by atoms with Crippen LogP contribution < -0.4 is 0 Å². The molecule has 18 heavy (non-hydrogen) atoms. The highest BCUT2D eigenvalue weighted by Crippen LogP contribution is 2.36. The van der Waals surface area contributed by atoms with Gasteiger partial charge >= 0.3 is 0 Å². The molecule has 1 heteroatoms. The molecular weight excluding hydrogens is 220 g/mol. The molecule has 2 rings (SSSR count). The van der Waals surface area contributed by atoms with Crippen LogP contribution in [0.25, 0.3) is 0 Å². The molecule has 1 aromatic carbocycles. The highest BCUT2D eigenvalue weighted by atomic mass is 16.5. The Bertz CT molecular complexity index is 369. The number of allylic oxidation sites excluding steroid dienone is 2. The molecule has 1 aliphatic rings. The monoisotopic (exact) mass is 244 g/mol. The van der Waals surface area contributed by atoms with Gasteiger partial charge in [-0.2, -0.15) is 0 Å². The molecule has 0 radical (unpaired) electrons. The zero-order valence-corrected chi connectivity index (χ0v) is 11.6. The number of ether oxygens (including phenoxy) is 1. The zero-order chi connectivity index (χ0) is 12.8. The van der Waals surface area contributed by atoms with E-state index in [9.17, 15) is 0 Å². The van der Waals surface area contributed by atoms with Crippen molar-refractivity contribution in [2.24, 2.45) is 5.92 Å². The number of benzene rings is 1. The summed E-state index contributed by atoms with van der Waals surface area (Å²) in [5.74, 6) is 1.59. The summed E-state index contributed by atoms with van der Waals surface area (Å²) in [5, 5.41) is 0. The van der Waals surface area contributed by atoms with E-state index in [1.54, 1.807) is 7.11 Å². The summed E-state index contributed by atoms with van der Waals surface area (Å²) in [6.07, 6.45) is 9.92. The second-order valence-electron chi connectivity index (χ2n) is 5.31. The largest absolute Gasteiger partial charge is 0.380 e. The van der Waals surface area contributed by atoms with Crippen molar-refractivity contribution in [3.8, 4) is 0 Å². The topological polar surface area (TPSA) is 9.23 Å². The van der Waals surface area contributed by atoms with Crippen LogP contribution >= 0.6 is 0 Å². The molecule has 0 heterocycles. The van der Waals surface area contributed by atoms with E-state index in [0.717, 1.165) is 11.8 Å². The molecule has 1 aliphatic carbocycles. The molecule has 0 amide bonds. The summed E-state index contributed by atoms with van der Waals surface area (Å²) < 4.78 is 5.15. The van der Waals surface area contributed by atoms with Crippen LogP contribution in [0.15, 0.2) is 36.4 Å². The van der Waals surface area contributed by atoms with Crippen molar-refractivity contribution in [1.29, 1.82) is 0 Å². The van der Waals surface area contributed by atoms with Crippen LogP contribution in [0.2, 0.25) is 0 Å². The average molecular weight is 244 g/mol. The van der Waals surface area contributed by atoms with Crippen molar-refractivity contribution in [2.45, 2.75) is 45.1 Å². The fourth-order valence-electron chi connectivity index (χ4n) is 2.97. The number of hydrogen-bond donors (Lipinski definition) is 0. The molecule has 1 saturated carbocycles. The Balaban J connectivity index is 1.92. The van der Waals surface area contributed by atoms with E-state index in [0.29, 0.717) is 6.61 Å². The van der Waals surface area contributed by atoms with Gasteiger partial charge < -0.3 is 4.74 Å². The van der Waals surface area contributed by atoms with Crippen LogP contribution in [-0.4, -0.2) is 7.11 Å². The molecule has 1 fully saturated rings. The zero-order valence-electron chi connectivity index (χ0n) is 11.6. The Labute approximate surface area is 111 Å². The maximum Gasteiger partial charge on any atom is 0.0713 e. The molecule has 0 spiro atoms. The van der Waals surface area contributed by atoms with Gasteiger partial charge in [-0.15, -0.1) is 0 Å². The van der Waals surface area contributed by atoms with Gasteiger partial charge in [-0.05, 0) is 55.6 Å². The van der Waals surface area contributed by atoms with E-state index >= 15 is 0 Å². The van der Waals surface area contributed by atoms with Gasteiger partial charge in [0.1, 0.15) is 0 Å². The maximum absolute atomic E-state index is 5.15. The first-order valence-corrected chi connectivity index (χ1v) is 7.04. The summed E-state index contributed by atoms with van der Waals surface area (Å²) in [6, 6.07) is 8.98. The Kier molecular flexibility index (Phi) is 5.00. The van der Waals surface area contributed by atoms with E-state index in [1.807, 2.05) is 0 Å². The van der Waals surface area contributed by atoms with Gasteiger partial charge in [-0.25, -0.2) is 0 Å². The normalized spacial score (nSPS) is 24.6. The third-order valence-corrected chi connectivity index (χ3v) is 4.00. The van der Waals surface area contributed by atoms with Crippen molar-refractivity contribution >= 4 is 0 Å². The SMILES string of the molecule is CC=C[C@H]1CC[C@H](c2ccc(COC)cc2)CC1. The molecule has 98 valence electrons. The van der Waals surface area contributed by atoms with Gasteiger partial charge in [0.15, 0.2) is 0 Å². The van der Waals surface area contributed by atoms with Crippen molar-refractivity contribution in [3.63, 3.8) is 0 Å². The summed E-state index contributed by atoms with van der Waals surface area (Å²) >= 11 is 0. The van der Waals surface area contributed by atoms with Gasteiger partial charge in [0, 0.05) is 7.11 Å². The lowest BCUT2D eigenvalue weighted by Gasteiger charge is -2.27. The molecule has 0 unspecified atom stereocenters. The van der Waals surface area contributed by atoms with E-state index in [-0.39, 0.29) is 0 Å². The van der Waals surface area contributed by atoms with Crippen LogP contribution in [0.4, 0.5) is 0 Å². The smallest absolute Gasteiger partial charge is 0.0713 e. The van der Waals surface area contributed by atoms with Gasteiger partial charge in [0.05, 0.1) is 6.61 Å². The summed E-state index contributed by atoms with van der Waals surface area (Å²) in [7, 11) is 1.75. The van der Waals surface area contributed by atoms with Crippen molar-refractivity contribution in [1.82, 2.24) is 0 Å². The van der Waals surface area contributed by atoms with Crippen LogP contribution in [0.3, 0.4) is 0 Å². The minimum Gasteiger partial charge on any atom is -0.380 e. The quantitative estimate of drug-likeness (QED) is 0.699. The highest BCUT2D eigenvalue weighted by molar-refractivity contribution is 5.25. The summed E-state index contributed by atoms with van der Waals surface area (Å²) in [5.41, 5.74) is 2.78. The Morgan fingerprint density at radius 1 is 1.11 bits per heavy atom. The number of hydrogen-bond acceptors (Lipinski definition) is 1. The maximum atomic E-state index is 5.15. The van der Waals surface area contributed by atoms with Gasteiger partial charge in [-0.1, -0.05) is 36.4 Å². The third-order valence-electron chi connectivity index (χ3n) is 4.00. The van der Waals surface area contributed by atoms with Crippen molar-refractivity contribution < 1.29 is 4.74 Å². The van der Waals surface area contributed by atoms with Crippen LogP contribution in [0.5, 0.6) is 0 Å². The van der Waals surface area contributed by atoms with Crippen LogP contribution in [-0.2, 0) is 11.3 Å². The third kappa shape index (κ3) is 3.46. The molecule has 0 bridgehead atoms. The molecule has 0 N–H and O–H groups in total. The molecule has 1 aromatic rings. The first kappa shape index (κ1) is 13.4. The average Bonchev–Trinajstić information content (AvgIpc) is 2.41. The minimum atomic E-state index is 0.717. The van der Waals surface area contributed by atoms with Crippen LogP contribution in [0, 0.1) is 5.92 Å². The Morgan fingerprint density at radius 2 is 1.78 bits per heavy atom. The van der Waals surface area contributed by atoms with Crippen molar-refractivity contribution in [3.05, 3.63) is 47.5 Å². The van der Waals surface area contributed by atoms with Crippen LogP contribution in [0.1, 0.15) is 49.7 Å². The minimum absolute atomic E-state index is 0.717. The van der Waals surface area contributed by atoms with E-state index < -0.39 is 0 Å². The lowest BCUT2D eigenvalue weighted by molar-refractivity contribution is 0.185. The first-order chi connectivity index (χ1) is 8.83. The predicted octanol–water partition coefficient (Wildman–Crippen LogP) is 4.68. The number of rotatable bonds is 4. The lowest BCUT2D eigenvalue weighted by atomic mass is 9.78. The fourth-order valence-corrected chi connectivity index (χ4v) is 2.97. The second-order valence-corrected chi connectivity index (χ2v) is 5.31.